The van der Waals surface area contributed by atoms with Crippen molar-refractivity contribution in [2.75, 3.05) is 0 Å². The minimum atomic E-state index is 0.402. The van der Waals surface area contributed by atoms with Crippen molar-refractivity contribution in [3.8, 4) is 0 Å². The van der Waals surface area contributed by atoms with Gasteiger partial charge in [0.25, 0.3) is 0 Å². The molecule has 0 fully saturated rings. The first kappa shape index (κ1) is 10.5. The monoisotopic (exact) mass is 200 g/mol. The Morgan fingerprint density at radius 2 is 1.80 bits per heavy atom. The maximum atomic E-state index is 2.43. The summed E-state index contributed by atoms with van der Waals surface area (Å²) in [4.78, 5) is 0. The standard InChI is InChI=1S/C15H20/c1-11-9-12(10-15(2,3)4)14-8-6-5-7-13(11)14/h5-9,12H,10H2,1-4H3. The third-order valence-corrected chi connectivity index (χ3v) is 3.07. The molecule has 1 aliphatic carbocycles. The predicted octanol–water partition coefficient (Wildman–Crippen LogP) is 4.62. The number of rotatable bonds is 1. The van der Waals surface area contributed by atoms with Gasteiger partial charge in [0, 0.05) is 5.92 Å². The van der Waals surface area contributed by atoms with Gasteiger partial charge in [-0.25, -0.2) is 0 Å². The first-order valence-corrected chi connectivity index (χ1v) is 5.75. The molecule has 2 rings (SSSR count). The van der Waals surface area contributed by atoms with Crippen molar-refractivity contribution in [3.63, 3.8) is 0 Å². The summed E-state index contributed by atoms with van der Waals surface area (Å²) in [5, 5.41) is 0. The molecule has 0 N–H and O–H groups in total. The molecule has 1 unspecified atom stereocenters. The molecule has 0 nitrogen and oxygen atoms in total. The quantitative estimate of drug-likeness (QED) is 0.620. The maximum absolute atomic E-state index is 2.43. The van der Waals surface area contributed by atoms with Gasteiger partial charge in [-0.15, -0.1) is 0 Å². The van der Waals surface area contributed by atoms with Gasteiger partial charge in [0.15, 0.2) is 0 Å². The Morgan fingerprint density at radius 1 is 1.13 bits per heavy atom. The molecule has 0 amide bonds. The molecule has 0 aliphatic heterocycles. The highest BCUT2D eigenvalue weighted by molar-refractivity contribution is 5.73. The highest BCUT2D eigenvalue weighted by Crippen LogP contribution is 2.41. The van der Waals surface area contributed by atoms with E-state index in [2.05, 4.69) is 58.0 Å². The number of hydrogen-bond acceptors (Lipinski definition) is 0. The van der Waals surface area contributed by atoms with Crippen molar-refractivity contribution in [2.24, 2.45) is 5.41 Å². The lowest BCUT2D eigenvalue weighted by Crippen LogP contribution is -2.09. The lowest BCUT2D eigenvalue weighted by atomic mass is 9.82. The minimum Gasteiger partial charge on any atom is -0.0734 e. The summed E-state index contributed by atoms with van der Waals surface area (Å²) in [6, 6.07) is 8.80. The van der Waals surface area contributed by atoms with Crippen molar-refractivity contribution in [2.45, 2.75) is 40.0 Å². The molecule has 0 bridgehead atoms. The van der Waals surface area contributed by atoms with Crippen LogP contribution in [0.1, 0.15) is 51.2 Å². The van der Waals surface area contributed by atoms with E-state index in [4.69, 9.17) is 0 Å². The van der Waals surface area contributed by atoms with Crippen LogP contribution in [0.5, 0.6) is 0 Å². The second-order valence-electron chi connectivity index (χ2n) is 5.81. The second-order valence-corrected chi connectivity index (χ2v) is 5.81. The number of allylic oxidation sites excluding steroid dienone is 2. The van der Waals surface area contributed by atoms with Gasteiger partial charge in [-0.3, -0.25) is 0 Å². The predicted molar refractivity (Wildman–Crippen MR) is 66.9 cm³/mol. The summed E-state index contributed by atoms with van der Waals surface area (Å²) in [6.45, 7) is 9.17. The molecule has 0 aromatic heterocycles. The Bertz CT molecular complexity index is 391. The summed E-state index contributed by atoms with van der Waals surface area (Å²) >= 11 is 0. The maximum Gasteiger partial charge on any atom is 0.00349 e. The smallest absolute Gasteiger partial charge is 0.00349 e. The summed E-state index contributed by atoms with van der Waals surface area (Å²) in [5.41, 5.74) is 4.82. The third-order valence-electron chi connectivity index (χ3n) is 3.07. The van der Waals surface area contributed by atoms with Gasteiger partial charge in [0.05, 0.1) is 0 Å². The molecule has 0 heteroatoms. The molecule has 1 aliphatic rings. The Balaban J connectivity index is 2.32. The average Bonchev–Trinajstić information content (AvgIpc) is 2.42. The van der Waals surface area contributed by atoms with Crippen LogP contribution in [0.3, 0.4) is 0 Å². The Kier molecular flexibility index (Phi) is 2.46. The highest BCUT2D eigenvalue weighted by Gasteiger charge is 2.24. The molecule has 1 aromatic rings. The fraction of sp³-hybridized carbons (Fsp3) is 0.467. The second kappa shape index (κ2) is 3.52. The van der Waals surface area contributed by atoms with E-state index in [1.165, 1.54) is 23.1 Å². The molecule has 0 saturated heterocycles. The number of fused-ring (bicyclic) bond motifs is 1. The van der Waals surface area contributed by atoms with Crippen molar-refractivity contribution in [3.05, 3.63) is 41.5 Å². The summed E-state index contributed by atoms with van der Waals surface area (Å²) in [5.74, 6) is 0.626. The van der Waals surface area contributed by atoms with E-state index >= 15 is 0 Å². The van der Waals surface area contributed by atoms with Crippen LogP contribution in [0.15, 0.2) is 30.3 Å². The van der Waals surface area contributed by atoms with Crippen LogP contribution < -0.4 is 0 Å². The van der Waals surface area contributed by atoms with E-state index in [0.29, 0.717) is 11.3 Å². The Labute approximate surface area is 93.0 Å². The molecule has 15 heavy (non-hydrogen) atoms. The largest absolute Gasteiger partial charge is 0.0734 e. The van der Waals surface area contributed by atoms with Crippen molar-refractivity contribution in [1.82, 2.24) is 0 Å². The van der Waals surface area contributed by atoms with Crippen molar-refractivity contribution < 1.29 is 0 Å². The first-order valence-electron chi connectivity index (χ1n) is 5.75. The first-order chi connectivity index (χ1) is 6.97. The van der Waals surface area contributed by atoms with Crippen LogP contribution in [0.25, 0.3) is 5.57 Å². The third kappa shape index (κ3) is 2.14. The van der Waals surface area contributed by atoms with Crippen LogP contribution >= 0.6 is 0 Å². The number of hydrogen-bond donors (Lipinski definition) is 0. The topological polar surface area (TPSA) is 0 Å². The zero-order valence-corrected chi connectivity index (χ0v) is 10.2. The fourth-order valence-corrected chi connectivity index (χ4v) is 2.49. The average molecular weight is 200 g/mol. The van der Waals surface area contributed by atoms with E-state index in [1.54, 1.807) is 0 Å². The molecule has 0 heterocycles. The van der Waals surface area contributed by atoms with E-state index < -0.39 is 0 Å². The lowest BCUT2D eigenvalue weighted by molar-refractivity contribution is 0.362. The summed E-state index contributed by atoms with van der Waals surface area (Å²) in [6.07, 6.45) is 3.66. The van der Waals surface area contributed by atoms with Gasteiger partial charge in [0.1, 0.15) is 0 Å². The molecule has 0 spiro atoms. The van der Waals surface area contributed by atoms with Gasteiger partial charge >= 0.3 is 0 Å². The SMILES string of the molecule is CC1=CC(CC(C)(C)C)c2ccccc21. The Morgan fingerprint density at radius 3 is 2.47 bits per heavy atom. The molecule has 1 atom stereocenters. The van der Waals surface area contributed by atoms with Crippen molar-refractivity contribution in [1.29, 1.82) is 0 Å². The van der Waals surface area contributed by atoms with Crippen LogP contribution in [-0.2, 0) is 0 Å². The molecular formula is C15H20. The van der Waals surface area contributed by atoms with Crippen LogP contribution in [-0.4, -0.2) is 0 Å². The minimum absolute atomic E-state index is 0.402. The van der Waals surface area contributed by atoms with Crippen molar-refractivity contribution >= 4 is 5.57 Å². The molecule has 80 valence electrons. The van der Waals surface area contributed by atoms with E-state index in [-0.39, 0.29) is 0 Å². The lowest BCUT2D eigenvalue weighted by Gasteiger charge is -2.22. The van der Waals surface area contributed by atoms with Crippen LogP contribution in [0.2, 0.25) is 0 Å². The van der Waals surface area contributed by atoms with E-state index in [1.807, 2.05) is 0 Å². The molecular weight excluding hydrogens is 180 g/mol. The molecule has 0 saturated carbocycles. The summed E-state index contributed by atoms with van der Waals surface area (Å²) in [7, 11) is 0. The van der Waals surface area contributed by atoms with E-state index in [9.17, 15) is 0 Å². The van der Waals surface area contributed by atoms with Gasteiger partial charge in [-0.1, -0.05) is 51.1 Å². The van der Waals surface area contributed by atoms with Gasteiger partial charge in [-0.2, -0.15) is 0 Å². The fourth-order valence-electron chi connectivity index (χ4n) is 2.49. The zero-order valence-electron chi connectivity index (χ0n) is 10.2. The van der Waals surface area contributed by atoms with Gasteiger partial charge < -0.3 is 0 Å². The van der Waals surface area contributed by atoms with Crippen LogP contribution in [0.4, 0.5) is 0 Å². The van der Waals surface area contributed by atoms with E-state index in [0.717, 1.165) is 0 Å². The van der Waals surface area contributed by atoms with Crippen LogP contribution in [0, 0.1) is 5.41 Å². The highest BCUT2D eigenvalue weighted by atomic mass is 14.3. The zero-order chi connectivity index (χ0) is 11.1. The van der Waals surface area contributed by atoms with Gasteiger partial charge in [0.2, 0.25) is 0 Å². The van der Waals surface area contributed by atoms with Gasteiger partial charge in [-0.05, 0) is 35.5 Å². The Hall–Kier alpha value is -1.04. The molecule has 0 radical (unpaired) electrons. The molecule has 1 aromatic carbocycles. The summed E-state index contributed by atoms with van der Waals surface area (Å²) < 4.78 is 0. The number of benzene rings is 1. The normalized spacial score (nSPS) is 20.0.